The van der Waals surface area contributed by atoms with Crippen LogP contribution in [-0.2, 0) is 11.3 Å². The van der Waals surface area contributed by atoms with Crippen molar-refractivity contribution in [1.29, 1.82) is 0 Å². The number of likely N-dealkylation sites (tertiary alicyclic amines) is 1. The van der Waals surface area contributed by atoms with Gasteiger partial charge in [-0.3, -0.25) is 19.0 Å². The zero-order valence-electron chi connectivity index (χ0n) is 16.3. The predicted molar refractivity (Wildman–Crippen MR) is 113 cm³/mol. The van der Waals surface area contributed by atoms with E-state index in [1.165, 1.54) is 22.2 Å². The molecule has 1 aromatic carbocycles. The Morgan fingerprint density at radius 2 is 1.86 bits per heavy atom. The molecular formula is C22H23N3O3S. The lowest BCUT2D eigenvalue weighted by atomic mass is 9.88. The molecule has 2 aromatic heterocycles. The SMILES string of the molecule is Cc1ccc(C(=O)C2CCN(C(=O)CCn3cnc4sccc4c3=O)CC2)cc1. The number of carbonyl (C=O) groups is 2. The van der Waals surface area contributed by atoms with E-state index >= 15 is 0 Å². The second-order valence-corrected chi connectivity index (χ2v) is 8.41. The predicted octanol–water partition coefficient (Wildman–Crippen LogP) is 3.28. The molecule has 0 atom stereocenters. The summed E-state index contributed by atoms with van der Waals surface area (Å²) in [6.07, 6.45) is 3.14. The fourth-order valence-electron chi connectivity index (χ4n) is 3.77. The van der Waals surface area contributed by atoms with Gasteiger partial charge >= 0.3 is 0 Å². The maximum absolute atomic E-state index is 12.7. The molecular weight excluding hydrogens is 386 g/mol. The smallest absolute Gasteiger partial charge is 0.262 e. The molecule has 0 bridgehead atoms. The molecule has 0 saturated carbocycles. The van der Waals surface area contributed by atoms with E-state index in [4.69, 9.17) is 0 Å². The van der Waals surface area contributed by atoms with Crippen LogP contribution in [0.3, 0.4) is 0 Å². The third-order valence-electron chi connectivity index (χ3n) is 5.57. The normalized spacial score (nSPS) is 15.0. The number of carbonyl (C=O) groups excluding carboxylic acids is 2. The Morgan fingerprint density at radius 3 is 2.59 bits per heavy atom. The number of aromatic nitrogens is 2. The van der Waals surface area contributed by atoms with E-state index in [-0.39, 0.29) is 29.6 Å². The Bertz CT molecular complexity index is 1090. The number of piperidine rings is 1. The van der Waals surface area contributed by atoms with Crippen LogP contribution in [0.4, 0.5) is 0 Å². The van der Waals surface area contributed by atoms with Gasteiger partial charge in [0.05, 0.1) is 11.7 Å². The molecule has 1 amide bonds. The summed E-state index contributed by atoms with van der Waals surface area (Å²) in [7, 11) is 0. The maximum atomic E-state index is 12.7. The van der Waals surface area contributed by atoms with Crippen molar-refractivity contribution in [2.75, 3.05) is 13.1 Å². The van der Waals surface area contributed by atoms with Gasteiger partial charge in [-0.15, -0.1) is 11.3 Å². The zero-order chi connectivity index (χ0) is 20.4. The van der Waals surface area contributed by atoms with E-state index in [0.717, 1.165) is 16.0 Å². The number of thiophene rings is 1. The molecule has 29 heavy (non-hydrogen) atoms. The van der Waals surface area contributed by atoms with Gasteiger partial charge in [0, 0.05) is 37.5 Å². The highest BCUT2D eigenvalue weighted by Gasteiger charge is 2.27. The van der Waals surface area contributed by atoms with E-state index in [0.29, 0.717) is 37.9 Å². The average molecular weight is 410 g/mol. The lowest BCUT2D eigenvalue weighted by molar-refractivity contribution is -0.132. The first-order valence-corrected chi connectivity index (χ1v) is 10.7. The standard InChI is InChI=1S/C22H23N3O3S/c1-15-2-4-16(5-3-15)20(27)17-6-10-24(11-7-17)19(26)8-12-25-14-23-21-18(22(25)28)9-13-29-21/h2-5,9,13-14,17H,6-8,10-12H2,1H3. The van der Waals surface area contributed by atoms with Crippen molar-refractivity contribution in [3.8, 4) is 0 Å². The highest BCUT2D eigenvalue weighted by molar-refractivity contribution is 7.16. The maximum Gasteiger partial charge on any atom is 0.262 e. The lowest BCUT2D eigenvalue weighted by Crippen LogP contribution is -2.40. The minimum absolute atomic E-state index is 0.0172. The molecule has 1 saturated heterocycles. The Balaban J connectivity index is 1.31. The van der Waals surface area contributed by atoms with Crippen molar-refractivity contribution in [2.24, 2.45) is 5.92 Å². The van der Waals surface area contributed by atoms with Crippen molar-refractivity contribution >= 4 is 33.2 Å². The molecule has 4 rings (SSSR count). The third kappa shape index (κ3) is 4.15. The van der Waals surface area contributed by atoms with Crippen LogP contribution in [0.1, 0.15) is 35.2 Å². The van der Waals surface area contributed by atoms with E-state index in [2.05, 4.69) is 4.98 Å². The molecule has 150 valence electrons. The van der Waals surface area contributed by atoms with Gasteiger partial charge in [0.1, 0.15) is 4.83 Å². The molecule has 1 aliphatic heterocycles. The number of rotatable bonds is 5. The fourth-order valence-corrected chi connectivity index (χ4v) is 4.49. The van der Waals surface area contributed by atoms with E-state index in [1.807, 2.05) is 36.6 Å². The highest BCUT2D eigenvalue weighted by atomic mass is 32.1. The van der Waals surface area contributed by atoms with Crippen molar-refractivity contribution < 1.29 is 9.59 Å². The van der Waals surface area contributed by atoms with Crippen LogP contribution in [0, 0.1) is 12.8 Å². The summed E-state index contributed by atoms with van der Waals surface area (Å²) in [6.45, 7) is 3.48. The minimum atomic E-state index is -0.105. The van der Waals surface area contributed by atoms with E-state index in [9.17, 15) is 14.4 Å². The van der Waals surface area contributed by atoms with Crippen LogP contribution < -0.4 is 5.56 Å². The molecule has 6 nitrogen and oxygen atoms in total. The number of hydrogen-bond acceptors (Lipinski definition) is 5. The fraction of sp³-hybridized carbons (Fsp3) is 0.364. The first-order chi connectivity index (χ1) is 14.0. The summed E-state index contributed by atoms with van der Waals surface area (Å²) < 4.78 is 1.50. The summed E-state index contributed by atoms with van der Waals surface area (Å²) in [5.74, 6) is 0.150. The van der Waals surface area contributed by atoms with Gasteiger partial charge in [0.15, 0.2) is 5.78 Å². The quantitative estimate of drug-likeness (QED) is 0.606. The van der Waals surface area contributed by atoms with Gasteiger partial charge < -0.3 is 4.90 Å². The molecule has 1 fully saturated rings. The Labute approximate surface area is 172 Å². The van der Waals surface area contributed by atoms with Crippen molar-refractivity contribution in [2.45, 2.75) is 32.7 Å². The second-order valence-electron chi connectivity index (χ2n) is 7.52. The van der Waals surface area contributed by atoms with Crippen LogP contribution in [0.2, 0.25) is 0 Å². The Morgan fingerprint density at radius 1 is 1.14 bits per heavy atom. The van der Waals surface area contributed by atoms with Crippen molar-refractivity contribution in [1.82, 2.24) is 14.5 Å². The monoisotopic (exact) mass is 409 g/mol. The zero-order valence-corrected chi connectivity index (χ0v) is 17.2. The number of amides is 1. The third-order valence-corrected chi connectivity index (χ3v) is 6.39. The highest BCUT2D eigenvalue weighted by Crippen LogP contribution is 2.22. The van der Waals surface area contributed by atoms with Crippen LogP contribution >= 0.6 is 11.3 Å². The Kier molecular flexibility index (Phi) is 5.58. The first kappa shape index (κ1) is 19.5. The number of Topliss-reactive ketones (excluding diaryl/α,β-unsaturated/α-hetero) is 1. The van der Waals surface area contributed by atoms with Gasteiger partial charge in [0.2, 0.25) is 5.91 Å². The minimum Gasteiger partial charge on any atom is -0.343 e. The molecule has 0 N–H and O–H groups in total. The largest absolute Gasteiger partial charge is 0.343 e. The van der Waals surface area contributed by atoms with Gasteiger partial charge in [-0.05, 0) is 31.2 Å². The first-order valence-electron chi connectivity index (χ1n) is 9.84. The lowest BCUT2D eigenvalue weighted by Gasteiger charge is -2.31. The second kappa shape index (κ2) is 8.29. The molecule has 0 aliphatic carbocycles. The molecule has 0 radical (unpaired) electrons. The Hall–Kier alpha value is -2.80. The number of aryl methyl sites for hydroxylation is 2. The topological polar surface area (TPSA) is 72.3 Å². The van der Waals surface area contributed by atoms with E-state index < -0.39 is 0 Å². The van der Waals surface area contributed by atoms with Crippen LogP contribution in [0.5, 0.6) is 0 Å². The van der Waals surface area contributed by atoms with Crippen molar-refractivity contribution in [3.05, 3.63) is 63.5 Å². The average Bonchev–Trinajstić information content (AvgIpc) is 3.23. The van der Waals surface area contributed by atoms with Gasteiger partial charge in [-0.2, -0.15) is 0 Å². The number of hydrogen-bond donors (Lipinski definition) is 0. The molecule has 3 heterocycles. The molecule has 0 spiro atoms. The number of fused-ring (bicyclic) bond motifs is 1. The van der Waals surface area contributed by atoms with Crippen LogP contribution in [0.25, 0.3) is 10.2 Å². The molecule has 0 unspecified atom stereocenters. The summed E-state index contributed by atoms with van der Waals surface area (Å²) in [5, 5.41) is 2.44. The summed E-state index contributed by atoms with van der Waals surface area (Å²) in [5.41, 5.74) is 1.77. The van der Waals surface area contributed by atoms with Gasteiger partial charge in [-0.25, -0.2) is 4.98 Å². The van der Waals surface area contributed by atoms with Crippen molar-refractivity contribution in [3.63, 3.8) is 0 Å². The number of ketones is 1. The molecule has 7 heteroatoms. The number of nitrogens with zero attached hydrogens (tertiary/aromatic N) is 3. The summed E-state index contributed by atoms with van der Waals surface area (Å²) in [4.78, 5) is 44.5. The molecule has 1 aliphatic rings. The van der Waals surface area contributed by atoms with Crippen LogP contribution in [-0.4, -0.2) is 39.2 Å². The van der Waals surface area contributed by atoms with Gasteiger partial charge in [-0.1, -0.05) is 29.8 Å². The number of benzene rings is 1. The summed E-state index contributed by atoms with van der Waals surface area (Å²) >= 11 is 1.43. The molecule has 3 aromatic rings. The van der Waals surface area contributed by atoms with Gasteiger partial charge in [0.25, 0.3) is 5.56 Å². The summed E-state index contributed by atoms with van der Waals surface area (Å²) in [6, 6.07) is 9.44. The van der Waals surface area contributed by atoms with Crippen LogP contribution in [0.15, 0.2) is 46.8 Å². The van der Waals surface area contributed by atoms with E-state index in [1.54, 1.807) is 11.0 Å².